The highest BCUT2D eigenvalue weighted by molar-refractivity contribution is 7.47. The maximum absolute atomic E-state index is 13.0. The van der Waals surface area contributed by atoms with Crippen molar-refractivity contribution in [3.63, 3.8) is 0 Å². The van der Waals surface area contributed by atoms with Crippen LogP contribution in [0.15, 0.2) is 122 Å². The average molecular weight is 1520 g/mol. The van der Waals surface area contributed by atoms with E-state index in [0.29, 0.717) is 19.3 Å². The van der Waals surface area contributed by atoms with Crippen LogP contribution in [0.5, 0.6) is 0 Å². The number of unbranched alkanes of at least 4 members (excludes halogenated alkanes) is 36. The zero-order valence-electron chi connectivity index (χ0n) is 66.4. The van der Waals surface area contributed by atoms with Crippen LogP contribution < -0.4 is 0 Å². The average Bonchev–Trinajstić information content (AvgIpc) is 1.00. The molecule has 0 aliphatic carbocycles. The van der Waals surface area contributed by atoms with Gasteiger partial charge in [-0.2, -0.15) is 0 Å². The van der Waals surface area contributed by atoms with Crippen molar-refractivity contribution in [2.24, 2.45) is 0 Å². The Balaban J connectivity index is 4.42. The maximum Gasteiger partial charge on any atom is 0.472 e. The molecule has 0 spiro atoms. The van der Waals surface area contributed by atoms with Crippen molar-refractivity contribution in [1.82, 2.24) is 0 Å². The van der Waals surface area contributed by atoms with Gasteiger partial charge in [0.05, 0.1) is 26.4 Å². The molecule has 0 aliphatic rings. The Bertz CT molecular complexity index is 2390. The van der Waals surface area contributed by atoms with Gasteiger partial charge in [0.15, 0.2) is 6.10 Å². The highest BCUT2D eigenvalue weighted by Gasteiger charge is 2.29. The molecule has 0 bridgehead atoms. The molecular weight excluding hydrogens is 1360 g/mol. The Morgan fingerprint density at radius 1 is 0.276 bits per heavy atom. The van der Waals surface area contributed by atoms with Gasteiger partial charge in [0.2, 0.25) is 0 Å². The molecule has 0 aromatic carbocycles. The first-order valence-electron chi connectivity index (χ1n) is 41.8. The third kappa shape index (κ3) is 80.8. The number of carbonyl (C=O) groups is 3. The summed E-state index contributed by atoms with van der Waals surface area (Å²) in [6, 6.07) is 0. The van der Waals surface area contributed by atoms with Crippen molar-refractivity contribution in [3.05, 3.63) is 122 Å². The molecule has 4 N–H and O–H groups in total. The van der Waals surface area contributed by atoms with E-state index in [9.17, 15) is 43.5 Å². The van der Waals surface area contributed by atoms with Gasteiger partial charge in [-0.3, -0.25) is 32.5 Å². The SMILES string of the molecule is CC/C=C\C/C=C\C/C=C\C/C=C\C/C=C\CCCCCCCCCCCCCCCCCCCC(=O)OCC(O)COP(=O)(O)OCC(O)COP(=O)(O)OCC(COC(=O)CCCCCCCCC/C=C\C/C=C\C/C=C\C/C=C\CCCCC)OC(=O)CCCCCCC/C=C\CCCCCC. The first kappa shape index (κ1) is 101. The second kappa shape index (κ2) is 79.5. The van der Waals surface area contributed by atoms with Crippen LogP contribution in [0, 0.1) is 0 Å². The summed E-state index contributed by atoms with van der Waals surface area (Å²) in [6.07, 6.45) is 95.5. The number of aliphatic hydroxyl groups excluding tert-OH is 2. The zero-order chi connectivity index (χ0) is 76.6. The van der Waals surface area contributed by atoms with E-state index in [1.54, 1.807) is 0 Å². The lowest BCUT2D eigenvalue weighted by molar-refractivity contribution is -0.161. The summed E-state index contributed by atoms with van der Waals surface area (Å²) in [5, 5.41) is 20.7. The summed E-state index contributed by atoms with van der Waals surface area (Å²) in [6.45, 7) is 2.53. The van der Waals surface area contributed by atoms with Gasteiger partial charge in [0.1, 0.15) is 25.4 Å². The third-order valence-corrected chi connectivity index (χ3v) is 19.5. The number of phosphoric acid groups is 2. The lowest BCUT2D eigenvalue weighted by atomic mass is 10.0. The van der Waals surface area contributed by atoms with Gasteiger partial charge >= 0.3 is 33.6 Å². The van der Waals surface area contributed by atoms with E-state index >= 15 is 0 Å². The van der Waals surface area contributed by atoms with Gasteiger partial charge in [-0.25, -0.2) is 9.13 Å². The van der Waals surface area contributed by atoms with E-state index in [4.69, 9.17) is 32.3 Å². The molecule has 0 aromatic heterocycles. The van der Waals surface area contributed by atoms with Gasteiger partial charge in [-0.1, -0.05) is 322 Å². The van der Waals surface area contributed by atoms with Gasteiger partial charge in [-0.05, 0) is 135 Å². The molecule has 0 radical (unpaired) electrons. The number of hydrogen-bond acceptors (Lipinski definition) is 14. The monoisotopic (exact) mass is 1520 g/mol. The molecule has 606 valence electrons. The summed E-state index contributed by atoms with van der Waals surface area (Å²) >= 11 is 0. The number of aliphatic hydroxyl groups is 2. The molecule has 105 heavy (non-hydrogen) atoms. The molecule has 0 rings (SSSR count). The van der Waals surface area contributed by atoms with E-state index in [-0.39, 0.29) is 19.3 Å². The Hall–Kier alpha value is -4.05. The van der Waals surface area contributed by atoms with Crippen LogP contribution in [0.3, 0.4) is 0 Å². The molecule has 0 aliphatic heterocycles. The zero-order valence-corrected chi connectivity index (χ0v) is 68.2. The van der Waals surface area contributed by atoms with E-state index < -0.39 is 91.5 Å². The lowest BCUT2D eigenvalue weighted by Crippen LogP contribution is -2.30. The Morgan fingerprint density at radius 3 is 0.829 bits per heavy atom. The largest absolute Gasteiger partial charge is 0.472 e. The van der Waals surface area contributed by atoms with Crippen LogP contribution in [-0.2, 0) is 55.8 Å². The van der Waals surface area contributed by atoms with Crippen molar-refractivity contribution in [2.45, 2.75) is 373 Å². The molecular formula is C87H152O16P2. The number of hydrogen-bond donors (Lipinski definition) is 4. The number of carbonyl (C=O) groups excluding carboxylic acids is 3. The van der Waals surface area contributed by atoms with Crippen molar-refractivity contribution < 1.29 is 75.8 Å². The minimum Gasteiger partial charge on any atom is -0.463 e. The quantitative estimate of drug-likeness (QED) is 0.0146. The molecule has 0 amide bonds. The summed E-state index contributed by atoms with van der Waals surface area (Å²) in [5.74, 6) is -1.59. The molecule has 0 heterocycles. The lowest BCUT2D eigenvalue weighted by Gasteiger charge is -2.21. The number of allylic oxidation sites excluding steroid dienone is 20. The van der Waals surface area contributed by atoms with Crippen molar-refractivity contribution in [1.29, 1.82) is 0 Å². The molecule has 0 fully saturated rings. The molecule has 16 nitrogen and oxygen atoms in total. The van der Waals surface area contributed by atoms with Crippen molar-refractivity contribution >= 4 is 33.6 Å². The smallest absolute Gasteiger partial charge is 0.463 e. The summed E-state index contributed by atoms with van der Waals surface area (Å²) in [7, 11) is -9.79. The van der Waals surface area contributed by atoms with E-state index in [2.05, 4.69) is 142 Å². The molecule has 0 aromatic rings. The second-order valence-electron chi connectivity index (χ2n) is 27.9. The Labute approximate surface area is 640 Å². The van der Waals surface area contributed by atoms with Gasteiger partial charge in [0.25, 0.3) is 0 Å². The Morgan fingerprint density at radius 2 is 0.505 bits per heavy atom. The predicted molar refractivity (Wildman–Crippen MR) is 436 cm³/mol. The van der Waals surface area contributed by atoms with E-state index in [0.717, 1.165) is 154 Å². The molecule has 0 saturated heterocycles. The normalized spacial score (nSPS) is 14.5. The summed E-state index contributed by atoms with van der Waals surface area (Å²) in [5.41, 5.74) is 0. The fraction of sp³-hybridized carbons (Fsp3) is 0.736. The Kier molecular flexibility index (Phi) is 76.4. The van der Waals surface area contributed by atoms with Crippen molar-refractivity contribution in [2.75, 3.05) is 39.6 Å². The molecule has 5 atom stereocenters. The van der Waals surface area contributed by atoms with Crippen LogP contribution in [0.4, 0.5) is 0 Å². The van der Waals surface area contributed by atoms with Gasteiger partial charge < -0.3 is 34.2 Å². The topological polar surface area (TPSA) is 231 Å². The minimum atomic E-state index is -4.93. The van der Waals surface area contributed by atoms with Crippen LogP contribution >= 0.6 is 15.6 Å². The first-order valence-corrected chi connectivity index (χ1v) is 44.8. The van der Waals surface area contributed by atoms with Crippen LogP contribution in [0.25, 0.3) is 0 Å². The number of ether oxygens (including phenoxy) is 3. The molecule has 5 unspecified atom stereocenters. The predicted octanol–water partition coefficient (Wildman–Crippen LogP) is 24.9. The standard InChI is InChI=1S/C87H152O16P2/c1-4-7-10-13-16-19-22-25-27-29-31-33-35-36-37-38-39-40-41-42-43-44-46-48-49-51-53-56-58-61-64-67-70-73-85(90)97-76-82(88)77-99-104(93,94)100-78-83(89)79-101-105(95,96)102-81-84(103-87(92)75-72-69-66-63-60-55-24-21-18-15-12-9-6-3)80-98-86(91)74-71-68-65-62-59-57-54-52-50-47-45-34-32-30-28-26-23-20-17-14-11-8-5-2/h7,10,16-17,19-21,24-28,31-34,36-37,47,50,82-84,88-89H,4-6,8-9,11-15,18,22-23,29-30,35,38-46,48-49,51-81H2,1-3H3,(H,93,94)(H,95,96)/b10-7-,19-16-,20-17-,24-21-,27-25-,28-26-,33-31-,34-32-,37-36-,50-47-. The fourth-order valence-corrected chi connectivity index (χ4v) is 12.9. The molecule has 0 saturated carbocycles. The van der Waals surface area contributed by atoms with Crippen LogP contribution in [0.2, 0.25) is 0 Å². The fourth-order valence-electron chi connectivity index (χ4n) is 11.3. The first-order chi connectivity index (χ1) is 51.2. The van der Waals surface area contributed by atoms with Crippen LogP contribution in [0.1, 0.15) is 355 Å². The van der Waals surface area contributed by atoms with Crippen LogP contribution in [-0.4, -0.2) is 95.9 Å². The van der Waals surface area contributed by atoms with Gasteiger partial charge in [0, 0.05) is 19.3 Å². The van der Waals surface area contributed by atoms with Gasteiger partial charge in [-0.15, -0.1) is 0 Å². The third-order valence-electron chi connectivity index (χ3n) is 17.6. The summed E-state index contributed by atoms with van der Waals surface area (Å²) in [4.78, 5) is 58.7. The van der Waals surface area contributed by atoms with Crippen molar-refractivity contribution in [3.8, 4) is 0 Å². The van der Waals surface area contributed by atoms with E-state index in [1.165, 1.54) is 141 Å². The number of esters is 3. The molecule has 18 heteroatoms. The number of rotatable bonds is 79. The minimum absolute atomic E-state index is 0.0916. The number of phosphoric ester groups is 2. The highest BCUT2D eigenvalue weighted by atomic mass is 31.2. The maximum atomic E-state index is 13.0. The highest BCUT2D eigenvalue weighted by Crippen LogP contribution is 2.45. The van der Waals surface area contributed by atoms with E-state index in [1.807, 2.05) is 0 Å². The second-order valence-corrected chi connectivity index (χ2v) is 30.8. The summed E-state index contributed by atoms with van der Waals surface area (Å²) < 4.78 is 61.2.